The van der Waals surface area contributed by atoms with Crippen molar-refractivity contribution in [2.24, 2.45) is 0 Å². The number of imidazole rings is 1. The van der Waals surface area contributed by atoms with Crippen LogP contribution in [0, 0.1) is 13.8 Å². The van der Waals surface area contributed by atoms with E-state index in [0.717, 1.165) is 42.2 Å². The molecule has 0 bridgehead atoms. The molecule has 0 amide bonds. The highest BCUT2D eigenvalue weighted by atomic mass is 16.4. The van der Waals surface area contributed by atoms with Crippen molar-refractivity contribution < 1.29 is 9.90 Å². The summed E-state index contributed by atoms with van der Waals surface area (Å²) in [6.45, 7) is 7.10. The third kappa shape index (κ3) is 2.32. The lowest BCUT2D eigenvalue weighted by Gasteiger charge is -2.19. The number of hydrogen-bond donors (Lipinski definition) is 1. The predicted octanol–water partition coefficient (Wildman–Crippen LogP) is 3.69. The number of nitrogens with zero attached hydrogens (tertiary/aromatic N) is 2. The van der Waals surface area contributed by atoms with Crippen molar-refractivity contribution in [3.8, 4) is 11.4 Å². The highest BCUT2D eigenvalue weighted by Gasteiger charge is 2.31. The zero-order valence-corrected chi connectivity index (χ0v) is 13.4. The predicted molar refractivity (Wildman–Crippen MR) is 86.1 cm³/mol. The number of aryl methyl sites for hydroxylation is 2. The van der Waals surface area contributed by atoms with Crippen LogP contribution in [-0.2, 0) is 17.8 Å². The van der Waals surface area contributed by atoms with E-state index in [9.17, 15) is 9.90 Å². The van der Waals surface area contributed by atoms with Gasteiger partial charge >= 0.3 is 5.97 Å². The Labute approximate surface area is 130 Å². The Balaban J connectivity index is 2.16. The molecule has 1 aromatic carbocycles. The van der Waals surface area contributed by atoms with Gasteiger partial charge in [0, 0.05) is 17.8 Å². The number of aliphatic carboxylic acids is 1. The van der Waals surface area contributed by atoms with Gasteiger partial charge < -0.3 is 9.67 Å². The van der Waals surface area contributed by atoms with Crippen LogP contribution in [-0.4, -0.2) is 20.6 Å². The van der Waals surface area contributed by atoms with Crippen molar-refractivity contribution in [3.63, 3.8) is 0 Å². The quantitative estimate of drug-likeness (QED) is 0.940. The van der Waals surface area contributed by atoms with E-state index < -0.39 is 11.9 Å². The first-order valence-corrected chi connectivity index (χ1v) is 7.92. The second-order valence-electron chi connectivity index (χ2n) is 6.09. The van der Waals surface area contributed by atoms with Gasteiger partial charge in [0.1, 0.15) is 11.7 Å². The first kappa shape index (κ1) is 14.8. The molecule has 1 aliphatic carbocycles. The van der Waals surface area contributed by atoms with E-state index >= 15 is 0 Å². The lowest BCUT2D eigenvalue weighted by Crippen LogP contribution is -2.19. The van der Waals surface area contributed by atoms with Crippen LogP contribution in [0.2, 0.25) is 0 Å². The molecule has 0 aliphatic heterocycles. The van der Waals surface area contributed by atoms with Crippen molar-refractivity contribution >= 4 is 5.97 Å². The maximum absolute atomic E-state index is 11.5. The van der Waals surface area contributed by atoms with Crippen LogP contribution in [0.4, 0.5) is 0 Å². The van der Waals surface area contributed by atoms with Gasteiger partial charge in [0.2, 0.25) is 0 Å². The molecule has 0 saturated carbocycles. The summed E-state index contributed by atoms with van der Waals surface area (Å²) >= 11 is 0. The van der Waals surface area contributed by atoms with Crippen LogP contribution >= 0.6 is 0 Å². The average molecular weight is 298 g/mol. The highest BCUT2D eigenvalue weighted by Crippen LogP contribution is 2.35. The van der Waals surface area contributed by atoms with Crippen LogP contribution in [0.1, 0.15) is 48.2 Å². The average Bonchev–Trinajstić information content (AvgIpc) is 2.88. The van der Waals surface area contributed by atoms with Gasteiger partial charge in [0.15, 0.2) is 0 Å². The van der Waals surface area contributed by atoms with Crippen molar-refractivity contribution in [3.05, 3.63) is 40.7 Å². The molecule has 1 atom stereocenters. The summed E-state index contributed by atoms with van der Waals surface area (Å²) in [7, 11) is 0. The molecular formula is C18H22N2O2. The second-order valence-corrected chi connectivity index (χ2v) is 6.09. The fraction of sp³-hybridized carbons (Fsp3) is 0.444. The number of benzene rings is 1. The Bertz CT molecular complexity index is 731. The molecule has 1 aromatic heterocycles. The molecule has 4 heteroatoms. The van der Waals surface area contributed by atoms with E-state index in [1.807, 2.05) is 0 Å². The van der Waals surface area contributed by atoms with Gasteiger partial charge in [0.05, 0.1) is 5.69 Å². The van der Waals surface area contributed by atoms with Crippen LogP contribution in [0.15, 0.2) is 18.2 Å². The summed E-state index contributed by atoms with van der Waals surface area (Å²) in [4.78, 5) is 16.3. The van der Waals surface area contributed by atoms with E-state index in [1.165, 1.54) is 11.1 Å². The highest BCUT2D eigenvalue weighted by molar-refractivity contribution is 5.77. The fourth-order valence-corrected chi connectivity index (χ4v) is 3.34. The number of hydrogen-bond acceptors (Lipinski definition) is 2. The summed E-state index contributed by atoms with van der Waals surface area (Å²) < 4.78 is 2.19. The van der Waals surface area contributed by atoms with Gasteiger partial charge in [-0.05, 0) is 57.2 Å². The topological polar surface area (TPSA) is 55.1 Å². The zero-order valence-electron chi connectivity index (χ0n) is 13.4. The van der Waals surface area contributed by atoms with Gasteiger partial charge in [-0.3, -0.25) is 4.79 Å². The lowest BCUT2D eigenvalue weighted by molar-refractivity contribution is -0.139. The van der Waals surface area contributed by atoms with Gasteiger partial charge in [-0.1, -0.05) is 12.1 Å². The summed E-state index contributed by atoms with van der Waals surface area (Å²) in [5, 5.41) is 9.46. The van der Waals surface area contributed by atoms with Gasteiger partial charge in [0.25, 0.3) is 0 Å². The van der Waals surface area contributed by atoms with E-state index in [0.29, 0.717) is 6.42 Å². The number of carbonyl (C=O) groups is 1. The second kappa shape index (κ2) is 5.59. The molecule has 0 radical (unpaired) electrons. The van der Waals surface area contributed by atoms with Crippen molar-refractivity contribution in [1.82, 2.24) is 9.55 Å². The van der Waals surface area contributed by atoms with Gasteiger partial charge in [-0.2, -0.15) is 0 Å². The molecule has 1 aliphatic rings. The Kier molecular flexibility index (Phi) is 3.77. The minimum absolute atomic E-state index is 0.457. The summed E-state index contributed by atoms with van der Waals surface area (Å²) in [5.41, 5.74) is 5.44. The van der Waals surface area contributed by atoms with E-state index in [2.05, 4.69) is 43.5 Å². The van der Waals surface area contributed by atoms with Crippen LogP contribution in [0.3, 0.4) is 0 Å². The first-order chi connectivity index (χ1) is 10.5. The zero-order chi connectivity index (χ0) is 15.9. The SMILES string of the molecule is CCn1c(-c2ccc(C)c(C)c2)nc2c1CCCC2C(=O)O. The molecule has 1 N–H and O–H groups in total. The molecule has 4 nitrogen and oxygen atoms in total. The normalized spacial score (nSPS) is 17.3. The standard InChI is InChI=1S/C18H22N2O2/c1-4-20-15-7-5-6-14(18(21)22)16(15)19-17(20)13-9-8-11(2)12(3)10-13/h8-10,14H,4-7H2,1-3H3,(H,21,22). The monoisotopic (exact) mass is 298 g/mol. The largest absolute Gasteiger partial charge is 0.481 e. The van der Waals surface area contributed by atoms with Crippen molar-refractivity contribution in [1.29, 1.82) is 0 Å². The smallest absolute Gasteiger partial charge is 0.312 e. The summed E-state index contributed by atoms with van der Waals surface area (Å²) in [6, 6.07) is 6.33. The lowest BCUT2D eigenvalue weighted by atomic mass is 9.90. The Morgan fingerprint density at radius 2 is 2.14 bits per heavy atom. The third-order valence-electron chi connectivity index (χ3n) is 4.72. The maximum atomic E-state index is 11.5. The van der Waals surface area contributed by atoms with Crippen LogP contribution < -0.4 is 0 Å². The van der Waals surface area contributed by atoms with Gasteiger partial charge in [-0.25, -0.2) is 4.98 Å². The maximum Gasteiger partial charge on any atom is 0.312 e. The van der Waals surface area contributed by atoms with E-state index in [-0.39, 0.29) is 0 Å². The van der Waals surface area contributed by atoms with Crippen molar-refractivity contribution in [2.45, 2.75) is 52.5 Å². The molecule has 0 saturated heterocycles. The molecule has 3 rings (SSSR count). The number of carboxylic acids is 1. The first-order valence-electron chi connectivity index (χ1n) is 7.92. The van der Waals surface area contributed by atoms with E-state index in [1.54, 1.807) is 0 Å². The Morgan fingerprint density at radius 3 is 2.77 bits per heavy atom. The Hall–Kier alpha value is -2.10. The minimum Gasteiger partial charge on any atom is -0.481 e. The molecule has 0 fully saturated rings. The van der Waals surface area contributed by atoms with Gasteiger partial charge in [-0.15, -0.1) is 0 Å². The Morgan fingerprint density at radius 1 is 1.36 bits per heavy atom. The number of fused-ring (bicyclic) bond motifs is 1. The number of carboxylic acid groups (broad SMARTS) is 1. The third-order valence-corrected chi connectivity index (χ3v) is 4.72. The molecule has 22 heavy (non-hydrogen) atoms. The molecular weight excluding hydrogens is 276 g/mol. The molecule has 0 spiro atoms. The summed E-state index contributed by atoms with van der Waals surface area (Å²) in [6.07, 6.45) is 2.53. The van der Waals surface area contributed by atoms with Crippen molar-refractivity contribution in [2.75, 3.05) is 0 Å². The molecule has 1 heterocycles. The number of aromatic nitrogens is 2. The minimum atomic E-state index is -0.756. The van der Waals surface area contributed by atoms with Crippen LogP contribution in [0.5, 0.6) is 0 Å². The van der Waals surface area contributed by atoms with E-state index in [4.69, 9.17) is 4.98 Å². The molecule has 1 unspecified atom stereocenters. The molecule has 2 aromatic rings. The number of rotatable bonds is 3. The van der Waals surface area contributed by atoms with Crippen LogP contribution in [0.25, 0.3) is 11.4 Å². The molecule has 116 valence electrons. The summed E-state index contributed by atoms with van der Waals surface area (Å²) in [5.74, 6) is -0.307. The fourth-order valence-electron chi connectivity index (χ4n) is 3.34.